The van der Waals surface area contributed by atoms with E-state index in [0.717, 1.165) is 0 Å². The molecule has 0 bridgehead atoms. The summed E-state index contributed by atoms with van der Waals surface area (Å²) in [5, 5.41) is -0.826. The molecule has 3 nitrogen and oxygen atoms in total. The Morgan fingerprint density at radius 3 is 1.86 bits per heavy atom. The van der Waals surface area contributed by atoms with Crippen molar-refractivity contribution in [2.75, 3.05) is 5.75 Å². The van der Waals surface area contributed by atoms with E-state index in [2.05, 4.69) is 0 Å². The molecule has 4 heteroatoms. The Morgan fingerprint density at radius 2 is 1.64 bits per heavy atom. The Bertz CT molecular complexity index is 296. The Hall–Kier alpha value is -0.380. The Labute approximate surface area is 86.8 Å². The van der Waals surface area contributed by atoms with E-state index in [4.69, 9.17) is 0 Å². The standard InChI is InChI=1S/C10H20O3S/c1-6-8(14(12,13)7-2)9(11)10(3,4)5/h8H,6-7H2,1-5H3. The fraction of sp³-hybridized carbons (Fsp3) is 0.900. The maximum atomic E-state index is 11.8. The molecular weight excluding hydrogens is 200 g/mol. The zero-order chi connectivity index (χ0) is 11.6. The summed E-state index contributed by atoms with van der Waals surface area (Å²) in [6, 6.07) is 0. The minimum Gasteiger partial charge on any atom is -0.298 e. The third-order valence-electron chi connectivity index (χ3n) is 2.24. The Kier molecular flexibility index (Phi) is 4.31. The van der Waals surface area contributed by atoms with Crippen molar-refractivity contribution in [2.24, 2.45) is 5.41 Å². The van der Waals surface area contributed by atoms with E-state index in [9.17, 15) is 13.2 Å². The quantitative estimate of drug-likeness (QED) is 0.726. The van der Waals surface area contributed by atoms with Crippen LogP contribution in [0.3, 0.4) is 0 Å². The summed E-state index contributed by atoms with van der Waals surface area (Å²) in [6.45, 7) is 8.57. The average molecular weight is 220 g/mol. The van der Waals surface area contributed by atoms with Crippen molar-refractivity contribution in [1.82, 2.24) is 0 Å². The number of hydrogen-bond acceptors (Lipinski definition) is 3. The molecule has 1 atom stereocenters. The molecule has 0 aliphatic rings. The van der Waals surface area contributed by atoms with Crippen LogP contribution in [0, 0.1) is 5.41 Å². The zero-order valence-electron chi connectivity index (χ0n) is 9.62. The van der Waals surface area contributed by atoms with Gasteiger partial charge in [0.1, 0.15) is 5.25 Å². The van der Waals surface area contributed by atoms with Gasteiger partial charge in [0, 0.05) is 11.2 Å². The van der Waals surface area contributed by atoms with Gasteiger partial charge in [-0.15, -0.1) is 0 Å². The molecule has 0 rings (SSSR count). The Balaban J connectivity index is 5.04. The van der Waals surface area contributed by atoms with Crippen molar-refractivity contribution in [3.63, 3.8) is 0 Å². The van der Waals surface area contributed by atoms with Gasteiger partial charge < -0.3 is 0 Å². The first-order valence-electron chi connectivity index (χ1n) is 4.92. The average Bonchev–Trinajstić information content (AvgIpc) is 2.03. The van der Waals surface area contributed by atoms with Crippen molar-refractivity contribution in [2.45, 2.75) is 46.3 Å². The second-order valence-electron chi connectivity index (χ2n) is 4.46. The van der Waals surface area contributed by atoms with Crippen LogP contribution >= 0.6 is 0 Å². The van der Waals surface area contributed by atoms with Crippen LogP contribution in [-0.4, -0.2) is 25.2 Å². The van der Waals surface area contributed by atoms with Gasteiger partial charge in [-0.1, -0.05) is 34.6 Å². The summed E-state index contributed by atoms with van der Waals surface area (Å²) in [6.07, 6.45) is 0.367. The number of hydrogen-bond donors (Lipinski definition) is 0. The van der Waals surface area contributed by atoms with Crippen LogP contribution in [0.5, 0.6) is 0 Å². The highest BCUT2D eigenvalue weighted by Gasteiger charge is 2.35. The summed E-state index contributed by atoms with van der Waals surface area (Å²) < 4.78 is 23.2. The lowest BCUT2D eigenvalue weighted by molar-refractivity contribution is -0.125. The van der Waals surface area contributed by atoms with Crippen LogP contribution in [0.4, 0.5) is 0 Å². The van der Waals surface area contributed by atoms with E-state index in [-0.39, 0.29) is 11.5 Å². The van der Waals surface area contributed by atoms with Crippen molar-refractivity contribution < 1.29 is 13.2 Å². The first kappa shape index (κ1) is 13.6. The molecule has 0 aromatic rings. The van der Waals surface area contributed by atoms with Gasteiger partial charge in [-0.3, -0.25) is 4.79 Å². The van der Waals surface area contributed by atoms with Gasteiger partial charge in [0.25, 0.3) is 0 Å². The highest BCUT2D eigenvalue weighted by Crippen LogP contribution is 2.22. The van der Waals surface area contributed by atoms with Crippen molar-refractivity contribution in [1.29, 1.82) is 0 Å². The summed E-state index contributed by atoms with van der Waals surface area (Å²) in [5.74, 6) is -0.144. The SMILES string of the molecule is CCC(C(=O)C(C)(C)C)S(=O)(=O)CC. The summed E-state index contributed by atoms with van der Waals surface area (Å²) in [4.78, 5) is 11.8. The smallest absolute Gasteiger partial charge is 0.159 e. The fourth-order valence-corrected chi connectivity index (χ4v) is 2.88. The van der Waals surface area contributed by atoms with Crippen molar-refractivity contribution in [3.8, 4) is 0 Å². The number of ketones is 1. The fourth-order valence-electron chi connectivity index (χ4n) is 1.29. The van der Waals surface area contributed by atoms with Crippen LogP contribution in [-0.2, 0) is 14.6 Å². The molecule has 84 valence electrons. The number of carbonyl (C=O) groups excluding carboxylic acids is 1. The summed E-state index contributed by atoms with van der Waals surface area (Å²) in [5.41, 5.74) is -0.580. The molecule has 0 aliphatic heterocycles. The van der Waals surface area contributed by atoms with Gasteiger partial charge >= 0.3 is 0 Å². The highest BCUT2D eigenvalue weighted by atomic mass is 32.2. The van der Waals surface area contributed by atoms with E-state index in [1.165, 1.54) is 0 Å². The lowest BCUT2D eigenvalue weighted by Crippen LogP contribution is -2.38. The molecule has 0 N–H and O–H groups in total. The predicted octanol–water partition coefficient (Wildman–Crippen LogP) is 1.81. The zero-order valence-corrected chi connectivity index (χ0v) is 10.4. The molecule has 0 aromatic heterocycles. The van der Waals surface area contributed by atoms with Gasteiger partial charge in [0.15, 0.2) is 15.6 Å². The monoisotopic (exact) mass is 220 g/mol. The summed E-state index contributed by atoms with van der Waals surface area (Å²) >= 11 is 0. The molecule has 0 spiro atoms. The summed E-state index contributed by atoms with van der Waals surface area (Å²) in [7, 11) is -3.24. The van der Waals surface area contributed by atoms with Gasteiger partial charge in [-0.2, -0.15) is 0 Å². The molecule has 0 saturated heterocycles. The van der Waals surface area contributed by atoms with Gasteiger partial charge in [0.2, 0.25) is 0 Å². The van der Waals surface area contributed by atoms with Crippen LogP contribution in [0.2, 0.25) is 0 Å². The van der Waals surface area contributed by atoms with E-state index in [1.807, 2.05) is 0 Å². The first-order valence-corrected chi connectivity index (χ1v) is 6.64. The number of sulfone groups is 1. The van der Waals surface area contributed by atoms with Crippen LogP contribution in [0.15, 0.2) is 0 Å². The van der Waals surface area contributed by atoms with Crippen LogP contribution in [0.25, 0.3) is 0 Å². The molecule has 0 fully saturated rings. The molecule has 0 aliphatic carbocycles. The highest BCUT2D eigenvalue weighted by molar-refractivity contribution is 7.92. The topological polar surface area (TPSA) is 51.2 Å². The number of carbonyl (C=O) groups is 1. The third kappa shape index (κ3) is 3.08. The minimum absolute atomic E-state index is 0.0350. The lowest BCUT2D eigenvalue weighted by Gasteiger charge is -2.23. The second kappa shape index (κ2) is 4.43. The van der Waals surface area contributed by atoms with Crippen molar-refractivity contribution in [3.05, 3.63) is 0 Å². The largest absolute Gasteiger partial charge is 0.298 e. The molecular formula is C10H20O3S. The normalized spacial score (nSPS) is 15.2. The number of Topliss-reactive ketones (excluding diaryl/α,β-unsaturated/α-hetero) is 1. The van der Waals surface area contributed by atoms with Crippen LogP contribution in [0.1, 0.15) is 41.0 Å². The van der Waals surface area contributed by atoms with Crippen LogP contribution < -0.4 is 0 Å². The molecule has 0 amide bonds. The van der Waals surface area contributed by atoms with Crippen molar-refractivity contribution >= 4 is 15.6 Å². The van der Waals surface area contributed by atoms with E-state index in [0.29, 0.717) is 6.42 Å². The van der Waals surface area contributed by atoms with Gasteiger partial charge in [-0.05, 0) is 6.42 Å². The third-order valence-corrected chi connectivity index (χ3v) is 4.46. The van der Waals surface area contributed by atoms with E-state index in [1.54, 1.807) is 34.6 Å². The maximum absolute atomic E-state index is 11.8. The predicted molar refractivity (Wildman–Crippen MR) is 58.0 cm³/mol. The molecule has 0 aromatic carbocycles. The van der Waals surface area contributed by atoms with Gasteiger partial charge in [-0.25, -0.2) is 8.42 Å². The molecule has 0 saturated carbocycles. The van der Waals surface area contributed by atoms with E-state index >= 15 is 0 Å². The first-order chi connectivity index (χ1) is 6.16. The maximum Gasteiger partial charge on any atom is 0.159 e. The molecule has 0 heterocycles. The second-order valence-corrected chi connectivity index (χ2v) is 6.93. The molecule has 1 unspecified atom stereocenters. The minimum atomic E-state index is -3.24. The molecule has 0 radical (unpaired) electrons. The lowest BCUT2D eigenvalue weighted by atomic mass is 9.88. The molecule has 14 heavy (non-hydrogen) atoms. The number of rotatable bonds is 4. The van der Waals surface area contributed by atoms with Gasteiger partial charge in [0.05, 0.1) is 0 Å². The Morgan fingerprint density at radius 1 is 1.21 bits per heavy atom. The van der Waals surface area contributed by atoms with E-state index < -0.39 is 20.5 Å².